The second kappa shape index (κ2) is 12.7. The van der Waals surface area contributed by atoms with E-state index in [9.17, 15) is 34.4 Å². The van der Waals surface area contributed by atoms with Gasteiger partial charge in [0.1, 0.15) is 13.2 Å². The van der Waals surface area contributed by atoms with Crippen LogP contribution in [0, 0.1) is 46.3 Å². The van der Waals surface area contributed by atoms with Crippen LogP contribution in [0.25, 0.3) is 0 Å². The molecule has 9 unspecified atom stereocenters. The minimum atomic E-state index is -5.61. The molecular weight excluding hydrogens is 644 g/mol. The van der Waals surface area contributed by atoms with Gasteiger partial charge in [0, 0.05) is 6.61 Å². The molecule has 0 heterocycles. The van der Waals surface area contributed by atoms with Gasteiger partial charge in [-0.1, -0.05) is 20.8 Å². The maximum atomic E-state index is 14.1. The molecule has 0 aromatic carbocycles. The van der Waals surface area contributed by atoms with Crippen molar-refractivity contribution >= 4 is 20.2 Å². The maximum Gasteiger partial charge on any atom is 0.392 e. The van der Waals surface area contributed by atoms with Gasteiger partial charge in [-0.2, -0.15) is 34.4 Å². The summed E-state index contributed by atoms with van der Waals surface area (Å²) in [5.41, 5.74) is -0.892. The molecule has 4 aliphatic carbocycles. The van der Waals surface area contributed by atoms with Gasteiger partial charge in [0.15, 0.2) is 0 Å². The summed E-state index contributed by atoms with van der Waals surface area (Å²) in [6.45, 7) is 7.52. The fourth-order valence-electron chi connectivity index (χ4n) is 10.5. The summed E-state index contributed by atoms with van der Waals surface area (Å²) in [5, 5.41) is -8.81. The lowest BCUT2D eigenvalue weighted by Gasteiger charge is -2.63. The zero-order valence-corrected chi connectivity index (χ0v) is 28.4. The van der Waals surface area contributed by atoms with E-state index in [4.69, 9.17) is 23.3 Å². The Kier molecular flexibility index (Phi) is 10.5. The van der Waals surface area contributed by atoms with Crippen LogP contribution in [0.2, 0.25) is 0 Å². The van der Waals surface area contributed by atoms with E-state index in [0.29, 0.717) is 31.1 Å². The minimum absolute atomic E-state index is 0.00199. The van der Waals surface area contributed by atoms with Gasteiger partial charge < -0.3 is 14.2 Å². The van der Waals surface area contributed by atoms with Crippen LogP contribution < -0.4 is 0 Å². The quantitative estimate of drug-likeness (QED) is 0.165. The maximum absolute atomic E-state index is 14.1. The molecule has 4 aliphatic rings. The molecule has 0 saturated heterocycles. The number of halogens is 4. The lowest BCUT2D eigenvalue weighted by Crippen LogP contribution is -2.58. The average molecular weight is 695 g/mol. The summed E-state index contributed by atoms with van der Waals surface area (Å²) >= 11 is 0. The Morgan fingerprint density at radius 1 is 0.822 bits per heavy atom. The van der Waals surface area contributed by atoms with E-state index in [1.54, 1.807) is 0 Å². The van der Waals surface area contributed by atoms with Crippen molar-refractivity contribution in [1.29, 1.82) is 0 Å². The number of hydrogen-bond donors (Lipinski definition) is 2. The van der Waals surface area contributed by atoms with E-state index in [1.807, 2.05) is 13.8 Å². The summed E-state index contributed by atoms with van der Waals surface area (Å²) in [4.78, 5) is 0. The molecule has 45 heavy (non-hydrogen) atoms. The number of alkyl halides is 4. The average Bonchev–Trinajstić information content (AvgIpc) is 2.79. The Hall–Kier alpha value is -0.580. The van der Waals surface area contributed by atoms with Crippen LogP contribution in [0.4, 0.5) is 17.6 Å². The Morgan fingerprint density at radius 2 is 1.40 bits per heavy atom. The van der Waals surface area contributed by atoms with Gasteiger partial charge in [-0.3, -0.25) is 9.11 Å². The highest BCUT2D eigenvalue weighted by atomic mass is 32.2. The standard InChI is InChI=1S/C30H50F4O9S2/c1-19(2)43-28-10-21(7-22(11-28)14-41-17-29(31,32)44(35,36)37)9-27(5,16-28)25-23-6-20(3)8-26(4,12-23)13-24(25)15-42-18-30(33,34)45(38,39)40/h19-25H,6-18H2,1-5H3,(H,35,36,37)(H,38,39,40). The highest BCUT2D eigenvalue weighted by Crippen LogP contribution is 2.65. The first-order valence-corrected chi connectivity index (χ1v) is 18.8. The molecule has 0 aliphatic heterocycles. The molecule has 0 aromatic heterocycles. The van der Waals surface area contributed by atoms with E-state index in [-0.39, 0.29) is 53.8 Å². The first kappa shape index (κ1) is 37.2. The van der Waals surface area contributed by atoms with Gasteiger partial charge >= 0.3 is 30.7 Å². The van der Waals surface area contributed by atoms with Crippen molar-refractivity contribution in [2.75, 3.05) is 26.4 Å². The number of hydrogen-bond acceptors (Lipinski definition) is 7. The van der Waals surface area contributed by atoms with Crippen molar-refractivity contribution in [1.82, 2.24) is 0 Å². The van der Waals surface area contributed by atoms with E-state index in [1.165, 1.54) is 0 Å². The first-order valence-electron chi connectivity index (χ1n) is 15.9. The van der Waals surface area contributed by atoms with Gasteiger partial charge in [0.25, 0.3) is 0 Å². The summed E-state index contributed by atoms with van der Waals surface area (Å²) in [6.07, 6.45) is 6.97. The predicted octanol–water partition coefficient (Wildman–Crippen LogP) is 6.44. The van der Waals surface area contributed by atoms with Gasteiger partial charge in [-0.25, -0.2) is 0 Å². The van der Waals surface area contributed by atoms with Crippen LogP contribution >= 0.6 is 0 Å². The van der Waals surface area contributed by atoms with Gasteiger partial charge in [-0.05, 0) is 118 Å². The van der Waals surface area contributed by atoms with E-state index in [0.717, 1.165) is 38.5 Å². The lowest BCUT2D eigenvalue weighted by atomic mass is 9.44. The van der Waals surface area contributed by atoms with Crippen LogP contribution in [0.15, 0.2) is 0 Å². The smallest absolute Gasteiger partial charge is 0.374 e. The molecular formula is C30H50F4O9S2. The van der Waals surface area contributed by atoms with Crippen LogP contribution in [0.3, 0.4) is 0 Å². The van der Waals surface area contributed by atoms with Crippen molar-refractivity contribution in [2.24, 2.45) is 46.3 Å². The number of ether oxygens (including phenoxy) is 3. The third kappa shape index (κ3) is 8.36. The zero-order chi connectivity index (χ0) is 33.9. The SMILES string of the molecule is CC1CC2CC(C)(C1)CC(COCC(F)(F)S(=O)(=O)O)C2C1(C)CC2CC(COCC(F)(F)S(=O)(=O)O)CC(OC(C)C)(C2)C1. The van der Waals surface area contributed by atoms with E-state index < -0.39 is 49.6 Å². The third-order valence-electron chi connectivity index (χ3n) is 10.8. The summed E-state index contributed by atoms with van der Waals surface area (Å²) < 4.78 is 135. The highest BCUT2D eigenvalue weighted by molar-refractivity contribution is 7.87. The molecule has 2 N–H and O–H groups in total. The van der Waals surface area contributed by atoms with Crippen LogP contribution in [-0.4, -0.2) is 74.6 Å². The minimum Gasteiger partial charge on any atom is -0.374 e. The molecule has 264 valence electrons. The van der Waals surface area contributed by atoms with Gasteiger partial charge in [0.05, 0.1) is 18.3 Å². The van der Waals surface area contributed by atoms with Gasteiger partial charge in [0.2, 0.25) is 0 Å². The Morgan fingerprint density at radius 3 is 1.96 bits per heavy atom. The lowest BCUT2D eigenvalue weighted by molar-refractivity contribution is -0.205. The Bertz CT molecular complexity index is 1280. The molecule has 4 saturated carbocycles. The van der Waals surface area contributed by atoms with Crippen LogP contribution in [0.1, 0.15) is 92.4 Å². The van der Waals surface area contributed by atoms with Crippen molar-refractivity contribution in [3.63, 3.8) is 0 Å². The second-order valence-electron chi connectivity index (χ2n) is 15.8. The van der Waals surface area contributed by atoms with Crippen molar-refractivity contribution in [3.05, 3.63) is 0 Å². The largest absolute Gasteiger partial charge is 0.392 e. The summed E-state index contributed by atoms with van der Waals surface area (Å²) in [7, 11) is -11.2. The molecule has 0 amide bonds. The molecule has 9 nitrogen and oxygen atoms in total. The molecule has 0 spiro atoms. The van der Waals surface area contributed by atoms with Gasteiger partial charge in [-0.15, -0.1) is 0 Å². The predicted molar refractivity (Wildman–Crippen MR) is 158 cm³/mol. The monoisotopic (exact) mass is 694 g/mol. The fourth-order valence-corrected chi connectivity index (χ4v) is 11.0. The molecule has 0 radical (unpaired) electrons. The fraction of sp³-hybridized carbons (Fsp3) is 1.00. The number of rotatable bonds is 13. The molecule has 9 atom stereocenters. The molecule has 4 fully saturated rings. The van der Waals surface area contributed by atoms with Crippen LogP contribution in [-0.2, 0) is 34.4 Å². The highest BCUT2D eigenvalue weighted by Gasteiger charge is 2.59. The molecule has 4 bridgehead atoms. The topological polar surface area (TPSA) is 136 Å². The van der Waals surface area contributed by atoms with Crippen molar-refractivity contribution < 1.29 is 57.7 Å². The first-order chi connectivity index (χ1) is 20.4. The third-order valence-corrected chi connectivity index (χ3v) is 12.6. The van der Waals surface area contributed by atoms with Crippen molar-refractivity contribution in [3.8, 4) is 0 Å². The number of fused-ring (bicyclic) bond motifs is 4. The molecule has 15 heteroatoms. The Balaban J connectivity index is 1.57. The summed E-state index contributed by atoms with van der Waals surface area (Å²) in [5.74, 6) is 0.705. The zero-order valence-electron chi connectivity index (χ0n) is 26.8. The Labute approximate surface area is 265 Å². The summed E-state index contributed by atoms with van der Waals surface area (Å²) in [6, 6.07) is 0. The second-order valence-corrected chi connectivity index (χ2v) is 18.9. The normalized spacial score (nSPS) is 39.6. The van der Waals surface area contributed by atoms with Crippen LogP contribution in [0.5, 0.6) is 0 Å². The van der Waals surface area contributed by atoms with Crippen molar-refractivity contribution in [2.45, 2.75) is 115 Å². The van der Waals surface area contributed by atoms with E-state index >= 15 is 0 Å². The molecule has 0 aromatic rings. The van der Waals surface area contributed by atoms with E-state index in [2.05, 4.69) is 20.8 Å². The molecule has 4 rings (SSSR count).